The van der Waals surface area contributed by atoms with Crippen molar-refractivity contribution >= 4 is 109 Å². The van der Waals surface area contributed by atoms with E-state index in [0.717, 1.165) is 44.4 Å². The van der Waals surface area contributed by atoms with Gasteiger partial charge in [-0.3, -0.25) is 8.80 Å². The largest absolute Gasteiger partial charge is 0.309 e. The molecular weight excluding hydrogens is 671 g/mol. The molecule has 6 heterocycles. The fraction of sp³-hybridized carbons (Fsp3) is 0. The highest BCUT2D eigenvalue weighted by molar-refractivity contribution is 6.31. The number of rotatable bonds is 2. The Morgan fingerprint density at radius 2 is 1.00 bits per heavy atom. The summed E-state index contributed by atoms with van der Waals surface area (Å²) in [4.78, 5) is 11.3. The highest BCUT2D eigenvalue weighted by Crippen LogP contribution is 2.46. The summed E-state index contributed by atoms with van der Waals surface area (Å²) in [5.41, 5.74) is 14.3. The van der Waals surface area contributed by atoms with E-state index in [9.17, 15) is 0 Å². The third-order valence-corrected chi connectivity index (χ3v) is 12.3. The number of para-hydroxylation sites is 5. The molecule has 0 unspecified atom stereocenters. The summed E-state index contributed by atoms with van der Waals surface area (Å²) >= 11 is 0. The highest BCUT2D eigenvalue weighted by atomic mass is 15.1. The summed E-state index contributed by atoms with van der Waals surface area (Å²) < 4.78 is 7.14. The Balaban J connectivity index is 1.13. The van der Waals surface area contributed by atoms with Crippen molar-refractivity contribution in [2.45, 2.75) is 0 Å². The molecule has 0 aliphatic heterocycles. The summed E-state index contributed by atoms with van der Waals surface area (Å²) in [7, 11) is 0. The maximum absolute atomic E-state index is 5.70. The zero-order chi connectivity index (χ0) is 35.5. The summed E-state index contributed by atoms with van der Waals surface area (Å²) in [6.07, 6.45) is 0. The summed E-state index contributed by atoms with van der Waals surface area (Å²) in [5.74, 6) is 0. The van der Waals surface area contributed by atoms with Gasteiger partial charge in [0.2, 0.25) is 0 Å². The summed E-state index contributed by atoms with van der Waals surface area (Å²) in [6.45, 7) is 0. The maximum atomic E-state index is 5.70. The predicted molar refractivity (Wildman–Crippen MR) is 229 cm³/mol. The third kappa shape index (κ3) is 3.32. The Hall–Kier alpha value is -7.50. The van der Waals surface area contributed by atoms with Crippen LogP contribution in [0.2, 0.25) is 0 Å². The number of nitrogens with zero attached hydrogens (tertiary/aromatic N) is 5. The monoisotopic (exact) mass is 697 g/mol. The van der Waals surface area contributed by atoms with Crippen LogP contribution in [0.3, 0.4) is 0 Å². The average molecular weight is 698 g/mol. The fourth-order valence-electron chi connectivity index (χ4n) is 10.1. The van der Waals surface area contributed by atoms with E-state index in [4.69, 9.17) is 9.97 Å². The second-order valence-corrected chi connectivity index (χ2v) is 14.9. The van der Waals surface area contributed by atoms with Crippen molar-refractivity contribution in [3.05, 3.63) is 164 Å². The maximum Gasteiger partial charge on any atom is 0.165 e. The van der Waals surface area contributed by atoms with Gasteiger partial charge in [-0.2, -0.15) is 0 Å². The molecule has 6 aromatic heterocycles. The first-order chi connectivity index (χ1) is 27.3. The molecule has 0 bridgehead atoms. The van der Waals surface area contributed by atoms with Crippen molar-refractivity contribution in [3.8, 4) is 16.8 Å². The van der Waals surface area contributed by atoms with Crippen molar-refractivity contribution in [2.75, 3.05) is 0 Å². The molecule has 0 saturated carbocycles. The third-order valence-electron chi connectivity index (χ3n) is 12.3. The molecule has 0 N–H and O–H groups in total. The van der Waals surface area contributed by atoms with Crippen molar-refractivity contribution in [1.82, 2.24) is 23.3 Å². The van der Waals surface area contributed by atoms with Gasteiger partial charge in [0.05, 0.1) is 33.1 Å². The molecule has 5 nitrogen and oxygen atoms in total. The summed E-state index contributed by atoms with van der Waals surface area (Å²) in [5, 5.41) is 12.1. The van der Waals surface area contributed by atoms with E-state index < -0.39 is 0 Å². The number of hydrogen-bond donors (Lipinski definition) is 0. The molecule has 0 aliphatic rings. The molecule has 0 amide bonds. The van der Waals surface area contributed by atoms with Crippen molar-refractivity contribution < 1.29 is 0 Å². The predicted octanol–water partition coefficient (Wildman–Crippen LogP) is 12.7. The van der Waals surface area contributed by atoms with E-state index in [1.807, 2.05) is 0 Å². The molecule has 0 spiro atoms. The van der Waals surface area contributed by atoms with Gasteiger partial charge in [0.15, 0.2) is 11.3 Å². The van der Waals surface area contributed by atoms with Crippen LogP contribution in [0.15, 0.2) is 164 Å². The van der Waals surface area contributed by atoms with Crippen LogP contribution in [-0.4, -0.2) is 23.3 Å². The fourth-order valence-corrected chi connectivity index (χ4v) is 10.1. The van der Waals surface area contributed by atoms with E-state index in [2.05, 4.69) is 177 Å². The first kappa shape index (κ1) is 28.1. The number of hydrogen-bond acceptors (Lipinski definition) is 2. The van der Waals surface area contributed by atoms with Crippen LogP contribution < -0.4 is 0 Å². The van der Waals surface area contributed by atoms with Crippen LogP contribution in [0.5, 0.6) is 0 Å². The minimum absolute atomic E-state index is 0.894. The van der Waals surface area contributed by atoms with Crippen molar-refractivity contribution in [1.29, 1.82) is 0 Å². The normalized spacial score (nSPS) is 12.7. The summed E-state index contributed by atoms with van der Waals surface area (Å²) in [6, 6.07) is 59.5. The molecule has 0 saturated heterocycles. The molecule has 0 atom stereocenters. The van der Waals surface area contributed by atoms with E-state index in [1.54, 1.807) is 0 Å². The average Bonchev–Trinajstić information content (AvgIpc) is 4.03. The number of benzene rings is 8. The minimum atomic E-state index is 0.894. The van der Waals surface area contributed by atoms with E-state index >= 15 is 0 Å². The lowest BCUT2D eigenvalue weighted by Crippen LogP contribution is -1.93. The van der Waals surface area contributed by atoms with Gasteiger partial charge in [0.25, 0.3) is 0 Å². The first-order valence-electron chi connectivity index (χ1n) is 18.9. The first-order valence-corrected chi connectivity index (χ1v) is 18.9. The molecular formula is C50H27N5. The van der Waals surface area contributed by atoms with Crippen LogP contribution in [-0.2, 0) is 0 Å². The second kappa shape index (κ2) is 9.72. The van der Waals surface area contributed by atoms with Crippen LogP contribution in [0.25, 0.3) is 126 Å². The lowest BCUT2D eigenvalue weighted by molar-refractivity contribution is 1.18. The lowest BCUT2D eigenvalue weighted by atomic mass is 9.99. The Kier molecular flexibility index (Phi) is 4.96. The SMILES string of the molecule is c1ccc(-n2c3ccccc3c3cc(-c4cccc5c6cccc7c8nc9c(nc8n(c45)c67)c4c5ccccc5cc5c6ccccc6n9c54)ccc32)cc1. The molecule has 5 heteroatoms. The number of aromatic nitrogens is 5. The van der Waals surface area contributed by atoms with Gasteiger partial charge in [-0.05, 0) is 58.8 Å². The van der Waals surface area contributed by atoms with Crippen LogP contribution in [0.4, 0.5) is 0 Å². The van der Waals surface area contributed by atoms with Crippen LogP contribution in [0.1, 0.15) is 0 Å². The molecule has 14 aromatic rings. The Labute approximate surface area is 312 Å². The van der Waals surface area contributed by atoms with Gasteiger partial charge in [-0.15, -0.1) is 0 Å². The Bertz CT molecular complexity index is 3940. The molecule has 0 fully saturated rings. The van der Waals surface area contributed by atoms with Crippen molar-refractivity contribution in [2.24, 2.45) is 0 Å². The van der Waals surface area contributed by atoms with Crippen LogP contribution in [0, 0.1) is 0 Å². The lowest BCUT2D eigenvalue weighted by Gasteiger charge is -2.09. The van der Waals surface area contributed by atoms with E-state index in [0.29, 0.717) is 0 Å². The van der Waals surface area contributed by atoms with E-state index in [-0.39, 0.29) is 0 Å². The number of fused-ring (bicyclic) bond motifs is 17. The Morgan fingerprint density at radius 1 is 0.364 bits per heavy atom. The van der Waals surface area contributed by atoms with Gasteiger partial charge in [-0.1, -0.05) is 121 Å². The standard InChI is InChI=1S/C50H27N5/c1-2-13-30(14-3-1)53-40-22-8-6-16-33(40)38-26-29(24-25-42(38)53)32-18-10-19-35-36-20-11-21-37-44-49(55(46(32)35)47(36)37)52-45-43-31-15-5-4-12-28(31)27-39-34-17-7-9-23-41(34)54(48(39)43)50(45)51-44/h1-27H. The smallest absolute Gasteiger partial charge is 0.165 e. The molecule has 14 rings (SSSR count). The molecule has 0 aliphatic carbocycles. The Morgan fingerprint density at radius 3 is 1.87 bits per heavy atom. The van der Waals surface area contributed by atoms with Gasteiger partial charge in [0, 0.05) is 54.3 Å². The highest BCUT2D eigenvalue weighted by Gasteiger charge is 2.26. The van der Waals surface area contributed by atoms with Gasteiger partial charge >= 0.3 is 0 Å². The molecule has 252 valence electrons. The second-order valence-electron chi connectivity index (χ2n) is 14.9. The van der Waals surface area contributed by atoms with Gasteiger partial charge in [0.1, 0.15) is 11.0 Å². The van der Waals surface area contributed by atoms with Gasteiger partial charge in [-0.25, -0.2) is 9.97 Å². The quantitative estimate of drug-likeness (QED) is 0.180. The van der Waals surface area contributed by atoms with Crippen molar-refractivity contribution in [3.63, 3.8) is 0 Å². The zero-order valence-corrected chi connectivity index (χ0v) is 29.3. The van der Waals surface area contributed by atoms with Gasteiger partial charge < -0.3 is 4.57 Å². The molecule has 0 radical (unpaired) electrons. The topological polar surface area (TPSA) is 39.5 Å². The van der Waals surface area contributed by atoms with Crippen LogP contribution >= 0.6 is 0 Å². The zero-order valence-electron chi connectivity index (χ0n) is 29.3. The minimum Gasteiger partial charge on any atom is -0.309 e. The molecule has 55 heavy (non-hydrogen) atoms. The molecule has 8 aromatic carbocycles. The van der Waals surface area contributed by atoms with E-state index in [1.165, 1.54) is 81.7 Å².